The summed E-state index contributed by atoms with van der Waals surface area (Å²) in [7, 11) is 0. The molecule has 32 heavy (non-hydrogen) atoms. The molecule has 0 saturated carbocycles. The molecule has 0 fully saturated rings. The van der Waals surface area contributed by atoms with E-state index in [0.29, 0.717) is 22.5 Å². The van der Waals surface area contributed by atoms with Gasteiger partial charge in [-0.2, -0.15) is 0 Å². The van der Waals surface area contributed by atoms with Gasteiger partial charge in [-0.25, -0.2) is 0 Å². The van der Waals surface area contributed by atoms with Crippen molar-refractivity contribution in [3.05, 3.63) is 108 Å². The van der Waals surface area contributed by atoms with Crippen molar-refractivity contribution in [1.82, 2.24) is 5.32 Å². The van der Waals surface area contributed by atoms with Gasteiger partial charge in [0.1, 0.15) is 0 Å². The number of hydrogen-bond donors (Lipinski definition) is 3. The van der Waals surface area contributed by atoms with Crippen LogP contribution < -0.4 is 16.0 Å². The summed E-state index contributed by atoms with van der Waals surface area (Å²) in [6.45, 7) is 1.89. The SMILES string of the molecule is Cc1cc(NC(=S)NC(=O)c2ccc3ccccc3c2)ccc1NC(=O)c1ccccc1. The van der Waals surface area contributed by atoms with E-state index in [-0.39, 0.29) is 16.9 Å². The molecule has 0 aliphatic rings. The summed E-state index contributed by atoms with van der Waals surface area (Å²) >= 11 is 5.31. The molecule has 5 nitrogen and oxygen atoms in total. The normalized spacial score (nSPS) is 10.4. The Kier molecular flexibility index (Phi) is 6.24. The van der Waals surface area contributed by atoms with Crippen LogP contribution in [0.25, 0.3) is 10.8 Å². The highest BCUT2D eigenvalue weighted by Crippen LogP contribution is 2.21. The third-order valence-electron chi connectivity index (χ3n) is 5.01. The predicted molar refractivity (Wildman–Crippen MR) is 133 cm³/mol. The Morgan fingerprint density at radius 1 is 0.688 bits per heavy atom. The minimum Gasteiger partial charge on any atom is -0.332 e. The molecule has 0 radical (unpaired) electrons. The largest absolute Gasteiger partial charge is 0.332 e. The molecule has 0 atom stereocenters. The number of thiocarbonyl (C=S) groups is 1. The molecule has 0 saturated heterocycles. The quantitative estimate of drug-likeness (QED) is 0.366. The summed E-state index contributed by atoms with van der Waals surface area (Å²) in [5.41, 5.74) is 3.40. The second kappa shape index (κ2) is 9.41. The fraction of sp³-hybridized carbons (Fsp3) is 0.0385. The van der Waals surface area contributed by atoms with E-state index in [4.69, 9.17) is 12.2 Å². The molecular weight excluding hydrogens is 418 g/mol. The lowest BCUT2D eigenvalue weighted by Gasteiger charge is -2.13. The smallest absolute Gasteiger partial charge is 0.257 e. The lowest BCUT2D eigenvalue weighted by Crippen LogP contribution is -2.34. The molecule has 4 aromatic rings. The molecule has 0 aliphatic carbocycles. The highest BCUT2D eigenvalue weighted by atomic mass is 32.1. The topological polar surface area (TPSA) is 70.2 Å². The molecule has 158 valence electrons. The van der Waals surface area contributed by atoms with Gasteiger partial charge in [0.2, 0.25) is 0 Å². The van der Waals surface area contributed by atoms with Crippen molar-refractivity contribution in [2.75, 3.05) is 10.6 Å². The summed E-state index contributed by atoms with van der Waals surface area (Å²) in [5.74, 6) is -0.454. The first kappa shape index (κ1) is 21.2. The molecule has 0 aliphatic heterocycles. The Hall–Kier alpha value is -4.03. The van der Waals surface area contributed by atoms with Crippen molar-refractivity contribution in [2.45, 2.75) is 6.92 Å². The highest BCUT2D eigenvalue weighted by molar-refractivity contribution is 7.80. The average Bonchev–Trinajstić information content (AvgIpc) is 2.81. The summed E-state index contributed by atoms with van der Waals surface area (Å²) in [4.78, 5) is 25.0. The van der Waals surface area contributed by atoms with Gasteiger partial charge in [-0.3, -0.25) is 14.9 Å². The van der Waals surface area contributed by atoms with Gasteiger partial charge in [0.05, 0.1) is 0 Å². The Balaban J connectivity index is 1.39. The van der Waals surface area contributed by atoms with Crippen molar-refractivity contribution >= 4 is 51.3 Å². The van der Waals surface area contributed by atoms with E-state index < -0.39 is 0 Å². The van der Waals surface area contributed by atoms with Crippen molar-refractivity contribution in [3.63, 3.8) is 0 Å². The maximum atomic E-state index is 12.6. The number of carbonyl (C=O) groups is 2. The van der Waals surface area contributed by atoms with E-state index in [0.717, 1.165) is 16.3 Å². The number of amides is 2. The van der Waals surface area contributed by atoms with Gasteiger partial charge in [0.15, 0.2) is 5.11 Å². The zero-order chi connectivity index (χ0) is 22.5. The van der Waals surface area contributed by atoms with Crippen LogP contribution in [0.5, 0.6) is 0 Å². The van der Waals surface area contributed by atoms with E-state index in [1.807, 2.05) is 67.6 Å². The number of anilines is 2. The average molecular weight is 440 g/mol. The molecular formula is C26H21N3O2S. The van der Waals surface area contributed by atoms with Crippen LogP contribution in [0.1, 0.15) is 26.3 Å². The van der Waals surface area contributed by atoms with Crippen LogP contribution in [0, 0.1) is 6.92 Å². The van der Waals surface area contributed by atoms with E-state index >= 15 is 0 Å². The van der Waals surface area contributed by atoms with Crippen LogP contribution >= 0.6 is 12.2 Å². The van der Waals surface area contributed by atoms with Crippen molar-refractivity contribution < 1.29 is 9.59 Å². The Morgan fingerprint density at radius 3 is 2.16 bits per heavy atom. The lowest BCUT2D eigenvalue weighted by atomic mass is 10.1. The van der Waals surface area contributed by atoms with Crippen LogP contribution in [0.15, 0.2) is 91.0 Å². The van der Waals surface area contributed by atoms with Gasteiger partial charge in [0.25, 0.3) is 11.8 Å². The van der Waals surface area contributed by atoms with Crippen LogP contribution in [0.4, 0.5) is 11.4 Å². The number of rotatable bonds is 4. The predicted octanol–water partition coefficient (Wildman–Crippen LogP) is 5.53. The van der Waals surface area contributed by atoms with Crippen LogP contribution in [-0.2, 0) is 0 Å². The maximum Gasteiger partial charge on any atom is 0.257 e. The van der Waals surface area contributed by atoms with Crippen molar-refractivity contribution in [1.29, 1.82) is 0 Å². The fourth-order valence-corrected chi connectivity index (χ4v) is 3.54. The maximum absolute atomic E-state index is 12.6. The van der Waals surface area contributed by atoms with Gasteiger partial charge in [-0.05, 0) is 77.9 Å². The molecule has 0 unspecified atom stereocenters. The summed E-state index contributed by atoms with van der Waals surface area (Å²) in [6.07, 6.45) is 0. The number of hydrogen-bond acceptors (Lipinski definition) is 3. The van der Waals surface area contributed by atoms with E-state index in [1.165, 1.54) is 0 Å². The second-order valence-corrected chi connectivity index (χ2v) is 7.73. The van der Waals surface area contributed by atoms with Gasteiger partial charge in [-0.15, -0.1) is 0 Å². The molecule has 4 aromatic carbocycles. The zero-order valence-electron chi connectivity index (χ0n) is 17.4. The first-order valence-corrected chi connectivity index (χ1v) is 10.5. The number of benzene rings is 4. The first-order chi connectivity index (χ1) is 15.5. The highest BCUT2D eigenvalue weighted by Gasteiger charge is 2.11. The molecule has 3 N–H and O–H groups in total. The zero-order valence-corrected chi connectivity index (χ0v) is 18.2. The lowest BCUT2D eigenvalue weighted by molar-refractivity contribution is 0.0976. The number of aryl methyl sites for hydroxylation is 1. The second-order valence-electron chi connectivity index (χ2n) is 7.32. The van der Waals surface area contributed by atoms with Crippen LogP contribution in [0.3, 0.4) is 0 Å². The van der Waals surface area contributed by atoms with E-state index in [2.05, 4.69) is 16.0 Å². The Bertz CT molecular complexity index is 1320. The first-order valence-electron chi connectivity index (χ1n) is 10.1. The molecule has 0 heterocycles. The number of nitrogens with one attached hydrogen (secondary N) is 3. The van der Waals surface area contributed by atoms with Gasteiger partial charge >= 0.3 is 0 Å². The molecule has 0 bridgehead atoms. The van der Waals surface area contributed by atoms with Crippen molar-refractivity contribution in [3.8, 4) is 0 Å². The fourth-order valence-electron chi connectivity index (χ4n) is 3.33. The van der Waals surface area contributed by atoms with Gasteiger partial charge < -0.3 is 10.6 Å². The number of fused-ring (bicyclic) bond motifs is 1. The third kappa shape index (κ3) is 4.99. The van der Waals surface area contributed by atoms with Crippen LogP contribution in [0.2, 0.25) is 0 Å². The minimum atomic E-state index is -0.281. The van der Waals surface area contributed by atoms with Crippen LogP contribution in [-0.4, -0.2) is 16.9 Å². The Labute approximate surface area is 191 Å². The summed E-state index contributed by atoms with van der Waals surface area (Å²) in [6, 6.07) is 27.8. The molecule has 4 rings (SSSR count). The minimum absolute atomic E-state index is 0.174. The Morgan fingerprint density at radius 2 is 1.41 bits per heavy atom. The summed E-state index contributed by atoms with van der Waals surface area (Å²) < 4.78 is 0. The van der Waals surface area contributed by atoms with E-state index in [9.17, 15) is 9.59 Å². The molecule has 6 heteroatoms. The monoisotopic (exact) mass is 439 g/mol. The van der Waals surface area contributed by atoms with Gasteiger partial charge in [0, 0.05) is 22.5 Å². The standard InChI is InChI=1S/C26H21N3O2S/c1-17-15-22(13-14-23(17)28-24(30)19-8-3-2-4-9-19)27-26(32)29-25(31)21-12-11-18-7-5-6-10-20(18)16-21/h2-16H,1H3,(H,28,30)(H2,27,29,31,32). The van der Waals surface area contributed by atoms with Gasteiger partial charge in [-0.1, -0.05) is 48.5 Å². The van der Waals surface area contributed by atoms with E-state index in [1.54, 1.807) is 30.3 Å². The third-order valence-corrected chi connectivity index (χ3v) is 5.21. The molecule has 2 amide bonds. The van der Waals surface area contributed by atoms with Crippen molar-refractivity contribution in [2.24, 2.45) is 0 Å². The molecule has 0 aromatic heterocycles. The summed E-state index contributed by atoms with van der Waals surface area (Å²) in [5, 5.41) is 10.9. The molecule has 0 spiro atoms. The number of carbonyl (C=O) groups excluding carboxylic acids is 2.